The van der Waals surface area contributed by atoms with Crippen molar-refractivity contribution in [3.63, 3.8) is 0 Å². The molecule has 1 aromatic rings. The van der Waals surface area contributed by atoms with Crippen LogP contribution in [0.5, 0.6) is 5.75 Å². The summed E-state index contributed by atoms with van der Waals surface area (Å²) in [7, 11) is 0. The highest BCUT2D eigenvalue weighted by atomic mass is 19.4. The molecule has 2 amide bonds. The molecule has 8 heteroatoms. The van der Waals surface area contributed by atoms with Gasteiger partial charge in [0.05, 0.1) is 12.2 Å². The number of hydrogen-bond acceptors (Lipinski definition) is 3. The average molecular weight is 330 g/mol. The van der Waals surface area contributed by atoms with Crippen molar-refractivity contribution in [2.24, 2.45) is 0 Å². The number of carbonyl (C=O) groups excluding carboxylic acids is 2. The van der Waals surface area contributed by atoms with Crippen LogP contribution >= 0.6 is 0 Å². The maximum atomic E-state index is 12.4. The van der Waals surface area contributed by atoms with Crippen molar-refractivity contribution in [3.8, 4) is 5.75 Å². The third kappa shape index (κ3) is 3.94. The van der Waals surface area contributed by atoms with Crippen molar-refractivity contribution in [1.29, 1.82) is 0 Å². The summed E-state index contributed by atoms with van der Waals surface area (Å²) in [6, 6.07) is 4.54. The van der Waals surface area contributed by atoms with Crippen LogP contribution < -0.4 is 0 Å². The summed E-state index contributed by atoms with van der Waals surface area (Å²) in [5, 5.41) is 9.96. The van der Waals surface area contributed by atoms with Gasteiger partial charge in [0, 0.05) is 0 Å². The highest BCUT2D eigenvalue weighted by Gasteiger charge is 2.39. The summed E-state index contributed by atoms with van der Waals surface area (Å²) in [5.41, 5.74) is 0.798. The molecule has 1 heterocycles. The minimum atomic E-state index is -4.52. The number of hydrogen-bond donors (Lipinski definition) is 1. The van der Waals surface area contributed by atoms with Crippen LogP contribution in [0, 0.1) is 0 Å². The Kier molecular flexibility index (Phi) is 4.53. The van der Waals surface area contributed by atoms with Gasteiger partial charge >= 0.3 is 6.18 Å². The quantitative estimate of drug-likeness (QED) is 0.925. The summed E-state index contributed by atoms with van der Waals surface area (Å²) >= 11 is 0. The van der Waals surface area contributed by atoms with E-state index in [1.807, 2.05) is 13.8 Å². The molecule has 1 aromatic carbocycles. The van der Waals surface area contributed by atoms with E-state index >= 15 is 0 Å². The third-order valence-electron chi connectivity index (χ3n) is 3.60. The van der Waals surface area contributed by atoms with E-state index in [0.717, 1.165) is 10.5 Å². The van der Waals surface area contributed by atoms with E-state index in [4.69, 9.17) is 0 Å². The molecular weight excluding hydrogens is 313 g/mol. The second kappa shape index (κ2) is 6.10. The molecule has 0 atom stereocenters. The summed E-state index contributed by atoms with van der Waals surface area (Å²) in [6.07, 6.45) is -4.52. The van der Waals surface area contributed by atoms with Crippen molar-refractivity contribution >= 4 is 11.8 Å². The Morgan fingerprint density at radius 1 is 1.35 bits per heavy atom. The molecule has 2 rings (SSSR count). The van der Waals surface area contributed by atoms with E-state index in [1.165, 1.54) is 12.1 Å². The van der Waals surface area contributed by atoms with E-state index in [-0.39, 0.29) is 17.2 Å². The van der Waals surface area contributed by atoms with Gasteiger partial charge in [0.2, 0.25) is 5.91 Å². The zero-order valence-corrected chi connectivity index (χ0v) is 12.7. The second-order valence-corrected chi connectivity index (χ2v) is 5.78. The maximum absolute atomic E-state index is 12.4. The Labute approximate surface area is 131 Å². The molecule has 0 aliphatic carbocycles. The molecule has 5 nitrogen and oxygen atoms in total. The van der Waals surface area contributed by atoms with Crippen LogP contribution in [0.1, 0.15) is 35.7 Å². The first-order valence-corrected chi connectivity index (χ1v) is 7.05. The lowest BCUT2D eigenvalue weighted by Crippen LogP contribution is -2.37. The van der Waals surface area contributed by atoms with Gasteiger partial charge in [-0.05, 0) is 23.6 Å². The van der Waals surface area contributed by atoms with Crippen LogP contribution in [0.15, 0.2) is 18.2 Å². The van der Waals surface area contributed by atoms with Gasteiger partial charge < -0.3 is 14.9 Å². The molecule has 0 unspecified atom stereocenters. The first kappa shape index (κ1) is 17.1. The number of aromatic hydroxyl groups is 1. The number of benzene rings is 1. The Hall–Kier alpha value is -2.25. The number of nitrogens with zero attached hydrogens (tertiary/aromatic N) is 2. The van der Waals surface area contributed by atoms with E-state index in [1.54, 1.807) is 6.07 Å². The molecule has 0 radical (unpaired) electrons. The van der Waals surface area contributed by atoms with Crippen molar-refractivity contribution in [2.45, 2.75) is 25.9 Å². The van der Waals surface area contributed by atoms with Gasteiger partial charge in [-0.3, -0.25) is 9.59 Å². The molecule has 0 bridgehead atoms. The van der Waals surface area contributed by atoms with Gasteiger partial charge in [-0.2, -0.15) is 13.2 Å². The number of alkyl halides is 3. The molecule has 1 fully saturated rings. The number of carbonyl (C=O) groups is 2. The summed E-state index contributed by atoms with van der Waals surface area (Å²) in [6.45, 7) is 1.57. The molecule has 0 saturated carbocycles. The smallest absolute Gasteiger partial charge is 0.406 e. The fraction of sp³-hybridized carbons (Fsp3) is 0.467. The van der Waals surface area contributed by atoms with Crippen LogP contribution in [-0.4, -0.2) is 52.7 Å². The number of rotatable bonds is 3. The number of halogens is 3. The predicted molar refractivity (Wildman–Crippen MR) is 75.9 cm³/mol. The zero-order valence-electron chi connectivity index (χ0n) is 12.7. The Balaban J connectivity index is 2.14. The Morgan fingerprint density at radius 2 is 2.00 bits per heavy atom. The Bertz CT molecular complexity index is 629. The van der Waals surface area contributed by atoms with Crippen molar-refractivity contribution < 1.29 is 27.9 Å². The maximum Gasteiger partial charge on any atom is 0.406 e. The van der Waals surface area contributed by atoms with Crippen molar-refractivity contribution in [3.05, 3.63) is 29.3 Å². The van der Waals surface area contributed by atoms with Gasteiger partial charge in [-0.15, -0.1) is 0 Å². The largest absolute Gasteiger partial charge is 0.507 e. The standard InChI is InChI=1S/C15H17F3N2O3/c1-9(2)10-3-4-11(12(21)5-10)14(23)19-6-13(22)20(8-19)7-15(16,17)18/h3-5,9,21H,6-8H2,1-2H3. The van der Waals surface area contributed by atoms with Gasteiger partial charge in [0.25, 0.3) is 5.91 Å². The fourth-order valence-corrected chi connectivity index (χ4v) is 2.35. The summed E-state index contributed by atoms with van der Waals surface area (Å²) in [4.78, 5) is 25.5. The molecule has 1 N–H and O–H groups in total. The summed E-state index contributed by atoms with van der Waals surface area (Å²) < 4.78 is 37.1. The van der Waals surface area contributed by atoms with Gasteiger partial charge in [-0.25, -0.2) is 0 Å². The number of amides is 2. The highest BCUT2D eigenvalue weighted by molar-refractivity contribution is 6.00. The van der Waals surface area contributed by atoms with Crippen molar-refractivity contribution in [2.75, 3.05) is 19.8 Å². The zero-order chi connectivity index (χ0) is 17.4. The lowest BCUT2D eigenvalue weighted by molar-refractivity contribution is -0.157. The monoisotopic (exact) mass is 330 g/mol. The SMILES string of the molecule is CC(C)c1ccc(C(=O)N2CC(=O)N(CC(F)(F)F)C2)c(O)c1. The number of phenols is 1. The lowest BCUT2D eigenvalue weighted by atomic mass is 10.0. The molecule has 0 aromatic heterocycles. The molecule has 1 aliphatic rings. The van der Waals surface area contributed by atoms with Crippen LogP contribution in [0.3, 0.4) is 0 Å². The van der Waals surface area contributed by atoms with E-state index in [9.17, 15) is 27.9 Å². The third-order valence-corrected chi connectivity index (χ3v) is 3.60. The normalized spacial score (nSPS) is 15.7. The Morgan fingerprint density at radius 3 is 2.52 bits per heavy atom. The molecule has 1 saturated heterocycles. The van der Waals surface area contributed by atoms with E-state index in [0.29, 0.717) is 4.90 Å². The first-order valence-electron chi connectivity index (χ1n) is 7.05. The van der Waals surface area contributed by atoms with Crippen molar-refractivity contribution in [1.82, 2.24) is 9.80 Å². The lowest BCUT2D eigenvalue weighted by Gasteiger charge is -2.20. The molecular formula is C15H17F3N2O3. The van der Waals surface area contributed by atoms with Gasteiger partial charge in [0.15, 0.2) is 0 Å². The van der Waals surface area contributed by atoms with Crippen LogP contribution in [0.4, 0.5) is 13.2 Å². The van der Waals surface area contributed by atoms with Gasteiger partial charge in [0.1, 0.15) is 18.8 Å². The van der Waals surface area contributed by atoms with E-state index in [2.05, 4.69) is 0 Å². The van der Waals surface area contributed by atoms with Crippen LogP contribution in [0.2, 0.25) is 0 Å². The minimum Gasteiger partial charge on any atom is -0.507 e. The topological polar surface area (TPSA) is 60.9 Å². The average Bonchev–Trinajstić information content (AvgIpc) is 2.77. The van der Waals surface area contributed by atoms with Crippen LogP contribution in [-0.2, 0) is 4.79 Å². The predicted octanol–water partition coefficient (Wildman–Crippen LogP) is 2.32. The van der Waals surface area contributed by atoms with Gasteiger partial charge in [-0.1, -0.05) is 19.9 Å². The highest BCUT2D eigenvalue weighted by Crippen LogP contribution is 2.26. The molecule has 126 valence electrons. The van der Waals surface area contributed by atoms with Crippen LogP contribution in [0.25, 0.3) is 0 Å². The number of phenolic OH excluding ortho intramolecular Hbond substituents is 1. The van der Waals surface area contributed by atoms with E-state index < -0.39 is 37.7 Å². The summed E-state index contributed by atoms with van der Waals surface area (Å²) in [5.74, 6) is -1.53. The minimum absolute atomic E-state index is 0.0314. The molecule has 1 aliphatic heterocycles. The molecule has 0 spiro atoms. The molecule has 23 heavy (non-hydrogen) atoms. The second-order valence-electron chi connectivity index (χ2n) is 5.78. The fourth-order valence-electron chi connectivity index (χ4n) is 2.35. The first-order chi connectivity index (χ1) is 10.6.